The van der Waals surface area contributed by atoms with Gasteiger partial charge in [-0.25, -0.2) is 13.4 Å². The van der Waals surface area contributed by atoms with Crippen LogP contribution in [0.25, 0.3) is 0 Å². The number of hydrogen-bond donors (Lipinski definition) is 1. The predicted octanol–water partition coefficient (Wildman–Crippen LogP) is 2.74. The molecule has 84 valence electrons. The first-order valence-corrected chi connectivity index (χ1v) is 6.00. The van der Waals surface area contributed by atoms with E-state index in [1.54, 1.807) is 0 Å². The predicted molar refractivity (Wildman–Crippen MR) is 59.4 cm³/mol. The Kier molecular flexibility index (Phi) is 4.89. The molecule has 0 N–H and O–H groups in total. The van der Waals surface area contributed by atoms with Gasteiger partial charge in [0.05, 0.1) is 16.7 Å². The highest BCUT2D eigenvalue weighted by Crippen LogP contribution is 2.34. The molecule has 0 aromatic carbocycles. The summed E-state index contributed by atoms with van der Waals surface area (Å²) in [6.07, 6.45) is 0. The van der Waals surface area contributed by atoms with Crippen molar-refractivity contribution in [3.05, 3.63) is 25.9 Å². The summed E-state index contributed by atoms with van der Waals surface area (Å²) in [6, 6.07) is 0. The van der Waals surface area contributed by atoms with E-state index >= 15 is 0 Å². The normalized spacial score (nSPS) is 11.0. The SMILES string of the molecule is O=[SH](=O)OCc1c(Cl)c(Cl)nc(Cl)c1Cl. The molecule has 1 aromatic heterocycles. The van der Waals surface area contributed by atoms with Crippen molar-refractivity contribution in [1.82, 2.24) is 4.98 Å². The summed E-state index contributed by atoms with van der Waals surface area (Å²) in [7, 11) is -2.99. The Morgan fingerprint density at radius 3 is 1.93 bits per heavy atom. The summed E-state index contributed by atoms with van der Waals surface area (Å²) in [4.78, 5) is 3.62. The number of halogens is 4. The zero-order chi connectivity index (χ0) is 11.6. The van der Waals surface area contributed by atoms with Gasteiger partial charge >= 0.3 is 0 Å². The van der Waals surface area contributed by atoms with Crippen LogP contribution >= 0.6 is 46.4 Å². The highest BCUT2D eigenvalue weighted by Gasteiger charge is 2.15. The molecule has 0 aliphatic carbocycles. The van der Waals surface area contributed by atoms with Gasteiger partial charge in [-0.2, -0.15) is 0 Å². The van der Waals surface area contributed by atoms with E-state index in [9.17, 15) is 8.42 Å². The van der Waals surface area contributed by atoms with Gasteiger partial charge in [0.25, 0.3) is 11.0 Å². The van der Waals surface area contributed by atoms with Gasteiger partial charge in [0, 0.05) is 5.56 Å². The van der Waals surface area contributed by atoms with Crippen molar-refractivity contribution in [2.75, 3.05) is 0 Å². The van der Waals surface area contributed by atoms with Crippen LogP contribution in [0.5, 0.6) is 0 Å². The smallest absolute Gasteiger partial charge is 0.257 e. The van der Waals surface area contributed by atoms with Crippen molar-refractivity contribution >= 4 is 57.4 Å². The van der Waals surface area contributed by atoms with Crippen molar-refractivity contribution in [3.8, 4) is 0 Å². The summed E-state index contributed by atoms with van der Waals surface area (Å²) in [5.74, 6) is 0. The van der Waals surface area contributed by atoms with Gasteiger partial charge in [-0.3, -0.25) is 4.18 Å². The lowest BCUT2D eigenvalue weighted by molar-refractivity contribution is 0.323. The number of thiol groups is 1. The summed E-state index contributed by atoms with van der Waals surface area (Å²) in [5.41, 5.74) is 0.183. The van der Waals surface area contributed by atoms with Crippen LogP contribution in [0.3, 0.4) is 0 Å². The Balaban J connectivity index is 3.14. The first-order valence-electron chi connectivity index (χ1n) is 3.39. The second-order valence-corrected chi connectivity index (χ2v) is 4.47. The third-order valence-electron chi connectivity index (χ3n) is 1.40. The highest BCUT2D eigenvalue weighted by atomic mass is 35.5. The molecule has 0 saturated carbocycles. The zero-order valence-electron chi connectivity index (χ0n) is 6.84. The number of nitrogens with zero attached hydrogens (tertiary/aromatic N) is 1. The Labute approximate surface area is 107 Å². The number of aromatic nitrogens is 1. The molecule has 0 bridgehead atoms. The molecule has 0 spiro atoms. The minimum atomic E-state index is -2.99. The van der Waals surface area contributed by atoms with Gasteiger partial charge in [-0.15, -0.1) is 0 Å². The molecule has 0 fully saturated rings. The molecule has 0 aliphatic rings. The van der Waals surface area contributed by atoms with Crippen LogP contribution in [-0.2, 0) is 21.8 Å². The second-order valence-electron chi connectivity index (χ2n) is 2.30. The standard InChI is InChI=1S/C6H3Cl4NO3S/c7-3-2(1-14-15(12)13)4(8)6(10)11-5(3)9/h15H,1H2. The first kappa shape index (κ1) is 13.3. The molecule has 1 aromatic rings. The molecule has 0 amide bonds. The van der Waals surface area contributed by atoms with E-state index in [1.165, 1.54) is 0 Å². The van der Waals surface area contributed by atoms with Crippen LogP contribution in [0.15, 0.2) is 0 Å². The quantitative estimate of drug-likeness (QED) is 0.689. The maximum absolute atomic E-state index is 10.2. The van der Waals surface area contributed by atoms with Gasteiger partial charge in [0.1, 0.15) is 10.3 Å². The van der Waals surface area contributed by atoms with Gasteiger partial charge in [-0.1, -0.05) is 46.4 Å². The molecule has 0 unspecified atom stereocenters. The van der Waals surface area contributed by atoms with Crippen molar-refractivity contribution in [3.63, 3.8) is 0 Å². The van der Waals surface area contributed by atoms with Crippen LogP contribution in [0, 0.1) is 0 Å². The zero-order valence-corrected chi connectivity index (χ0v) is 10.8. The van der Waals surface area contributed by atoms with E-state index in [1.807, 2.05) is 0 Å². The Hall–Kier alpha value is 0.220. The van der Waals surface area contributed by atoms with Gasteiger partial charge in [0.15, 0.2) is 0 Å². The number of pyridine rings is 1. The molecule has 4 nitrogen and oxygen atoms in total. The van der Waals surface area contributed by atoms with E-state index in [4.69, 9.17) is 46.4 Å². The minimum absolute atomic E-state index is 0.0166. The molecule has 0 saturated heterocycles. The lowest BCUT2D eigenvalue weighted by atomic mass is 10.3. The van der Waals surface area contributed by atoms with E-state index in [2.05, 4.69) is 9.17 Å². The summed E-state index contributed by atoms with van der Waals surface area (Å²) >= 11 is 22.7. The fraction of sp³-hybridized carbons (Fsp3) is 0.167. The van der Waals surface area contributed by atoms with E-state index in [0.717, 1.165) is 0 Å². The van der Waals surface area contributed by atoms with Gasteiger partial charge < -0.3 is 0 Å². The van der Waals surface area contributed by atoms with Gasteiger partial charge in [-0.05, 0) is 0 Å². The van der Waals surface area contributed by atoms with Crippen molar-refractivity contribution < 1.29 is 12.6 Å². The third-order valence-corrected chi connectivity index (χ3v) is 3.30. The topological polar surface area (TPSA) is 56.3 Å². The molecule has 1 rings (SSSR count). The average Bonchev–Trinajstić information content (AvgIpc) is 2.14. The molecule has 9 heteroatoms. The second kappa shape index (κ2) is 5.52. The van der Waals surface area contributed by atoms with Crippen molar-refractivity contribution in [2.45, 2.75) is 6.61 Å². The van der Waals surface area contributed by atoms with Crippen LogP contribution in [-0.4, -0.2) is 13.4 Å². The van der Waals surface area contributed by atoms with Crippen LogP contribution < -0.4 is 0 Å². The van der Waals surface area contributed by atoms with Crippen molar-refractivity contribution in [1.29, 1.82) is 0 Å². The van der Waals surface area contributed by atoms with E-state index in [0.29, 0.717) is 0 Å². The highest BCUT2D eigenvalue weighted by molar-refractivity contribution is 7.67. The molecular weight excluding hydrogens is 308 g/mol. The van der Waals surface area contributed by atoms with Gasteiger partial charge in [0.2, 0.25) is 0 Å². The monoisotopic (exact) mass is 309 g/mol. The minimum Gasteiger partial charge on any atom is -0.267 e. The summed E-state index contributed by atoms with van der Waals surface area (Å²) in [5, 5.41) is -0.0950. The van der Waals surface area contributed by atoms with Crippen LogP contribution in [0.1, 0.15) is 5.56 Å². The van der Waals surface area contributed by atoms with Crippen LogP contribution in [0.2, 0.25) is 20.4 Å². The molecule has 1 heterocycles. The lowest BCUT2D eigenvalue weighted by Gasteiger charge is -2.07. The molecule has 15 heavy (non-hydrogen) atoms. The molecular formula is C6H3Cl4NO3S. The first-order chi connectivity index (χ1) is 6.93. The van der Waals surface area contributed by atoms with E-state index in [-0.39, 0.29) is 32.5 Å². The fourth-order valence-corrected chi connectivity index (χ4v) is 1.88. The summed E-state index contributed by atoms with van der Waals surface area (Å²) in [6.45, 7) is -0.335. The maximum atomic E-state index is 10.2. The maximum Gasteiger partial charge on any atom is 0.257 e. The average molecular weight is 311 g/mol. The lowest BCUT2D eigenvalue weighted by Crippen LogP contribution is -1.96. The number of rotatable bonds is 3. The molecule has 0 aliphatic heterocycles. The Bertz CT molecular complexity index is 428. The van der Waals surface area contributed by atoms with Crippen molar-refractivity contribution in [2.24, 2.45) is 0 Å². The number of hydrogen-bond acceptors (Lipinski definition) is 4. The Morgan fingerprint density at radius 1 is 1.07 bits per heavy atom. The van der Waals surface area contributed by atoms with Crippen LogP contribution in [0.4, 0.5) is 0 Å². The largest absolute Gasteiger partial charge is 0.267 e. The molecule has 0 radical (unpaired) electrons. The molecule has 0 atom stereocenters. The fourth-order valence-electron chi connectivity index (χ4n) is 0.774. The Morgan fingerprint density at radius 2 is 1.53 bits per heavy atom. The third kappa shape index (κ3) is 3.34. The summed E-state index contributed by atoms with van der Waals surface area (Å²) < 4.78 is 24.8. The van der Waals surface area contributed by atoms with E-state index < -0.39 is 11.0 Å².